The van der Waals surface area contributed by atoms with Crippen LogP contribution in [0.15, 0.2) is 18.2 Å². The summed E-state index contributed by atoms with van der Waals surface area (Å²) < 4.78 is 0. The molecule has 1 saturated carbocycles. The predicted molar refractivity (Wildman–Crippen MR) is 86.1 cm³/mol. The molecule has 0 radical (unpaired) electrons. The van der Waals surface area contributed by atoms with Crippen LogP contribution in [-0.2, 0) is 9.59 Å². The maximum Gasteiger partial charge on any atom is 0.313 e. The third-order valence-corrected chi connectivity index (χ3v) is 4.07. The van der Waals surface area contributed by atoms with E-state index < -0.39 is 16.7 Å². The highest BCUT2D eigenvalue weighted by atomic mass is 16.6. The largest absolute Gasteiger partial charge is 0.345 e. The van der Waals surface area contributed by atoms with Crippen molar-refractivity contribution < 1.29 is 14.5 Å². The van der Waals surface area contributed by atoms with Crippen LogP contribution in [-0.4, -0.2) is 22.8 Å². The molecule has 23 heavy (non-hydrogen) atoms. The Morgan fingerprint density at radius 1 is 1.13 bits per heavy atom. The number of hydrogen-bond donors (Lipinski definition) is 2. The molecule has 0 unspecified atom stereocenters. The molecule has 0 bridgehead atoms. The predicted octanol–water partition coefficient (Wildman–Crippen LogP) is 2.68. The minimum absolute atomic E-state index is 0.0497. The lowest BCUT2D eigenvalue weighted by atomic mass is 10.1. The van der Waals surface area contributed by atoms with Crippen molar-refractivity contribution in [3.8, 4) is 0 Å². The Hall–Kier alpha value is -2.44. The quantitative estimate of drug-likeness (QED) is 0.387. The molecule has 2 rings (SSSR count). The minimum atomic E-state index is -0.744. The number of rotatable bonds is 3. The number of aryl methyl sites for hydroxylation is 1. The van der Waals surface area contributed by atoms with E-state index in [4.69, 9.17) is 0 Å². The van der Waals surface area contributed by atoms with Crippen LogP contribution in [0, 0.1) is 17.0 Å². The number of carbonyl (C=O) groups excluding carboxylic acids is 2. The summed E-state index contributed by atoms with van der Waals surface area (Å²) in [6, 6.07) is 4.14. The van der Waals surface area contributed by atoms with Gasteiger partial charge < -0.3 is 10.6 Å². The summed E-state index contributed by atoms with van der Waals surface area (Å²) in [7, 11) is 0. The van der Waals surface area contributed by atoms with Crippen LogP contribution < -0.4 is 10.6 Å². The average Bonchev–Trinajstić information content (AvgIpc) is 2.77. The molecule has 124 valence electrons. The molecule has 1 fully saturated rings. The van der Waals surface area contributed by atoms with Gasteiger partial charge in [0, 0.05) is 23.9 Å². The zero-order valence-electron chi connectivity index (χ0n) is 13.1. The van der Waals surface area contributed by atoms with Crippen molar-refractivity contribution in [1.29, 1.82) is 0 Å². The number of benzene rings is 1. The van der Waals surface area contributed by atoms with Crippen LogP contribution in [0.25, 0.3) is 0 Å². The monoisotopic (exact) mass is 319 g/mol. The molecular weight excluding hydrogens is 298 g/mol. The van der Waals surface area contributed by atoms with Crippen molar-refractivity contribution in [3.05, 3.63) is 33.9 Å². The van der Waals surface area contributed by atoms with Gasteiger partial charge in [0.15, 0.2) is 0 Å². The molecule has 1 aliphatic carbocycles. The van der Waals surface area contributed by atoms with Crippen molar-refractivity contribution in [2.45, 2.75) is 51.5 Å². The standard InChI is InChI=1S/C16H21N3O4/c1-11-10-13(19(22)23)8-9-14(11)18-16(21)15(20)17-12-6-4-2-3-5-7-12/h8-10,12H,2-7H2,1H3,(H,17,20)(H,18,21). The van der Waals surface area contributed by atoms with Crippen LogP contribution in [0.3, 0.4) is 0 Å². The van der Waals surface area contributed by atoms with Crippen molar-refractivity contribution in [1.82, 2.24) is 5.32 Å². The molecule has 7 heteroatoms. The fourth-order valence-electron chi connectivity index (χ4n) is 2.76. The third-order valence-electron chi connectivity index (χ3n) is 4.07. The summed E-state index contributed by atoms with van der Waals surface area (Å²) in [5.41, 5.74) is 0.884. The Morgan fingerprint density at radius 3 is 2.35 bits per heavy atom. The zero-order chi connectivity index (χ0) is 16.8. The molecule has 0 atom stereocenters. The molecule has 0 aromatic heterocycles. The second-order valence-electron chi connectivity index (χ2n) is 5.87. The van der Waals surface area contributed by atoms with Gasteiger partial charge in [-0.15, -0.1) is 0 Å². The molecule has 2 N–H and O–H groups in total. The van der Waals surface area contributed by atoms with Crippen molar-refractivity contribution >= 4 is 23.2 Å². The van der Waals surface area contributed by atoms with Crippen LogP contribution in [0.5, 0.6) is 0 Å². The van der Waals surface area contributed by atoms with Gasteiger partial charge in [0.05, 0.1) is 4.92 Å². The number of nitro groups is 1. The highest BCUT2D eigenvalue weighted by molar-refractivity contribution is 6.39. The highest BCUT2D eigenvalue weighted by Crippen LogP contribution is 2.21. The molecule has 2 amide bonds. The Kier molecular flexibility index (Phi) is 5.67. The molecule has 7 nitrogen and oxygen atoms in total. The van der Waals surface area contributed by atoms with Crippen molar-refractivity contribution in [2.75, 3.05) is 5.32 Å². The lowest BCUT2D eigenvalue weighted by Crippen LogP contribution is -2.41. The van der Waals surface area contributed by atoms with Gasteiger partial charge in [-0.05, 0) is 31.4 Å². The first-order chi connectivity index (χ1) is 11.0. The molecule has 1 aromatic carbocycles. The van der Waals surface area contributed by atoms with Gasteiger partial charge in [0.2, 0.25) is 0 Å². The van der Waals surface area contributed by atoms with Gasteiger partial charge in [-0.2, -0.15) is 0 Å². The number of non-ortho nitro benzene ring substituents is 1. The summed E-state index contributed by atoms with van der Waals surface area (Å²) >= 11 is 0. The van der Waals surface area contributed by atoms with E-state index in [1.165, 1.54) is 31.0 Å². The first kappa shape index (κ1) is 16.9. The smallest absolute Gasteiger partial charge is 0.313 e. The molecule has 0 saturated heterocycles. The Morgan fingerprint density at radius 2 is 1.78 bits per heavy atom. The zero-order valence-corrected chi connectivity index (χ0v) is 13.1. The summed E-state index contributed by atoms with van der Waals surface area (Å²) in [6.45, 7) is 1.64. The number of amides is 2. The second kappa shape index (κ2) is 7.71. The molecular formula is C16H21N3O4. The van der Waals surface area contributed by atoms with Gasteiger partial charge >= 0.3 is 11.8 Å². The Labute approximate surface area is 134 Å². The van der Waals surface area contributed by atoms with E-state index in [0.717, 1.165) is 25.7 Å². The number of hydrogen-bond acceptors (Lipinski definition) is 4. The van der Waals surface area contributed by atoms with Crippen molar-refractivity contribution in [2.24, 2.45) is 0 Å². The summed E-state index contributed by atoms with van der Waals surface area (Å²) in [6.07, 6.45) is 6.26. The van der Waals surface area contributed by atoms with Gasteiger partial charge in [-0.25, -0.2) is 0 Å². The molecule has 1 aromatic rings. The summed E-state index contributed by atoms with van der Waals surface area (Å²) in [5.74, 6) is -1.40. The number of carbonyl (C=O) groups is 2. The van der Waals surface area contributed by atoms with E-state index in [2.05, 4.69) is 10.6 Å². The van der Waals surface area contributed by atoms with Gasteiger partial charge in [-0.3, -0.25) is 19.7 Å². The molecule has 0 spiro atoms. The normalized spacial score (nSPS) is 15.5. The highest BCUT2D eigenvalue weighted by Gasteiger charge is 2.20. The van der Waals surface area contributed by atoms with Crippen LogP contribution in [0.4, 0.5) is 11.4 Å². The Balaban J connectivity index is 1.95. The molecule has 1 aliphatic rings. The van der Waals surface area contributed by atoms with Crippen molar-refractivity contribution in [3.63, 3.8) is 0 Å². The van der Waals surface area contributed by atoms with E-state index in [1.54, 1.807) is 6.92 Å². The number of nitrogens with one attached hydrogen (secondary N) is 2. The average molecular weight is 319 g/mol. The summed E-state index contributed by atoms with van der Waals surface area (Å²) in [5, 5.41) is 16.0. The number of nitro benzene ring substituents is 1. The molecule has 0 aliphatic heterocycles. The maximum atomic E-state index is 12.0. The van der Waals surface area contributed by atoms with E-state index in [9.17, 15) is 19.7 Å². The van der Waals surface area contributed by atoms with Crippen LogP contribution in [0.2, 0.25) is 0 Å². The second-order valence-corrected chi connectivity index (χ2v) is 5.87. The number of anilines is 1. The SMILES string of the molecule is Cc1cc([N+](=O)[O-])ccc1NC(=O)C(=O)NC1CCCCCC1. The lowest BCUT2D eigenvalue weighted by molar-refractivity contribution is -0.384. The minimum Gasteiger partial charge on any atom is -0.345 e. The third kappa shape index (κ3) is 4.77. The maximum absolute atomic E-state index is 12.0. The fourth-order valence-corrected chi connectivity index (χ4v) is 2.76. The van der Waals surface area contributed by atoms with Gasteiger partial charge in [0.1, 0.15) is 0 Å². The fraction of sp³-hybridized carbons (Fsp3) is 0.500. The first-order valence-corrected chi connectivity index (χ1v) is 7.84. The molecule has 0 heterocycles. The van der Waals surface area contributed by atoms with Crippen LogP contribution >= 0.6 is 0 Å². The van der Waals surface area contributed by atoms with Crippen LogP contribution in [0.1, 0.15) is 44.1 Å². The van der Waals surface area contributed by atoms with E-state index in [-0.39, 0.29) is 11.7 Å². The van der Waals surface area contributed by atoms with E-state index in [0.29, 0.717) is 11.3 Å². The lowest BCUT2D eigenvalue weighted by Gasteiger charge is -2.16. The Bertz CT molecular complexity index is 607. The number of nitrogens with zero attached hydrogens (tertiary/aromatic N) is 1. The van der Waals surface area contributed by atoms with E-state index >= 15 is 0 Å². The van der Waals surface area contributed by atoms with E-state index in [1.807, 2.05) is 0 Å². The first-order valence-electron chi connectivity index (χ1n) is 7.84. The van der Waals surface area contributed by atoms with Gasteiger partial charge in [-0.1, -0.05) is 25.7 Å². The van der Waals surface area contributed by atoms with Gasteiger partial charge in [0.25, 0.3) is 5.69 Å². The summed E-state index contributed by atoms with van der Waals surface area (Å²) in [4.78, 5) is 34.2. The topological polar surface area (TPSA) is 101 Å².